The van der Waals surface area contributed by atoms with Gasteiger partial charge in [0.15, 0.2) is 5.16 Å². The van der Waals surface area contributed by atoms with Crippen LogP contribution in [0.5, 0.6) is 0 Å². The Hall–Kier alpha value is -0.850. The number of ether oxygens (including phenoxy) is 1. The molecule has 0 atom stereocenters. The van der Waals surface area contributed by atoms with Gasteiger partial charge in [-0.1, -0.05) is 43.2 Å². The average molecular weight is 365 g/mol. The van der Waals surface area contributed by atoms with Crippen molar-refractivity contribution in [1.82, 2.24) is 9.55 Å². The fraction of sp³-hybridized carbons (Fsp3) is 0.667. The highest BCUT2D eigenvalue weighted by atomic mass is 32.2. The molecule has 1 aliphatic carbocycles. The van der Waals surface area contributed by atoms with E-state index in [-0.39, 0.29) is 5.60 Å². The van der Waals surface area contributed by atoms with Gasteiger partial charge in [0, 0.05) is 18.0 Å². The van der Waals surface area contributed by atoms with E-state index < -0.39 is 0 Å². The molecule has 4 rings (SSSR count). The highest BCUT2D eigenvalue weighted by molar-refractivity contribution is 7.98. The molecular weight excluding hydrogens is 340 g/mol. The molecule has 0 aromatic carbocycles. The van der Waals surface area contributed by atoms with Crippen LogP contribution in [0.3, 0.4) is 0 Å². The molecule has 130 valence electrons. The Kier molecular flexibility index (Phi) is 4.25. The van der Waals surface area contributed by atoms with E-state index >= 15 is 0 Å². The zero-order valence-electron chi connectivity index (χ0n) is 14.6. The van der Waals surface area contributed by atoms with Crippen LogP contribution in [0.2, 0.25) is 0 Å². The van der Waals surface area contributed by atoms with Crippen molar-refractivity contribution in [3.63, 3.8) is 0 Å². The van der Waals surface area contributed by atoms with Crippen LogP contribution in [0.25, 0.3) is 11.1 Å². The second-order valence-corrected chi connectivity index (χ2v) is 8.63. The van der Waals surface area contributed by atoms with E-state index in [1.807, 2.05) is 0 Å². The first-order chi connectivity index (χ1) is 11.5. The number of thioether (sulfide) groups is 1. The van der Waals surface area contributed by atoms with E-state index in [0.29, 0.717) is 18.4 Å². The summed E-state index contributed by atoms with van der Waals surface area (Å²) in [5.74, 6) is 0.899. The van der Waals surface area contributed by atoms with Crippen LogP contribution in [0.1, 0.15) is 63.3 Å². The fourth-order valence-electron chi connectivity index (χ4n) is 3.99. The topological polar surface area (TPSA) is 40.2 Å². The Morgan fingerprint density at radius 3 is 2.71 bits per heavy atom. The molecule has 0 radical (unpaired) electrons. The summed E-state index contributed by atoms with van der Waals surface area (Å²) in [6.45, 7) is 4.75. The molecule has 24 heavy (non-hydrogen) atoms. The molecule has 3 heterocycles. The lowest BCUT2D eigenvalue weighted by Crippen LogP contribution is -2.31. The maximum atomic E-state index is 6.02. The van der Waals surface area contributed by atoms with Gasteiger partial charge in [0.25, 0.3) is 0 Å². The summed E-state index contributed by atoms with van der Waals surface area (Å²) in [5, 5.41) is 2.02. The minimum atomic E-state index is -0.181. The molecule has 0 saturated heterocycles. The van der Waals surface area contributed by atoms with Gasteiger partial charge >= 0.3 is 0 Å². The molecule has 0 spiro atoms. The highest BCUT2D eigenvalue weighted by Crippen LogP contribution is 2.38. The molecule has 1 fully saturated rings. The standard InChI is InChI=1S/C18H24N2O2S2/c1-18(2)9-12-13(10-21-18)22-15-14(12)16(23)20(17(19-15)24-3)11-7-5-4-6-8-11/h11H,4-10H2,1-3H3. The SMILES string of the molecule is CSc1nc2oc3c(c2c(=S)n1C1CCCCC1)CC(C)(C)OC3. The Bertz CT molecular complexity index is 832. The van der Waals surface area contributed by atoms with Gasteiger partial charge in [0.05, 0.1) is 11.0 Å². The summed E-state index contributed by atoms with van der Waals surface area (Å²) in [7, 11) is 0. The van der Waals surface area contributed by atoms with Gasteiger partial charge in [-0.3, -0.25) is 0 Å². The number of hydrogen-bond acceptors (Lipinski definition) is 5. The van der Waals surface area contributed by atoms with Gasteiger partial charge in [0.1, 0.15) is 17.0 Å². The third-order valence-corrected chi connectivity index (χ3v) is 6.28. The first-order valence-electron chi connectivity index (χ1n) is 8.75. The van der Waals surface area contributed by atoms with Gasteiger partial charge in [-0.15, -0.1) is 0 Å². The second kappa shape index (κ2) is 6.15. The van der Waals surface area contributed by atoms with Crippen LogP contribution in [0, 0.1) is 4.64 Å². The number of nitrogens with zero attached hydrogens (tertiary/aromatic N) is 2. The van der Waals surface area contributed by atoms with Crippen molar-refractivity contribution < 1.29 is 9.15 Å². The van der Waals surface area contributed by atoms with E-state index in [9.17, 15) is 0 Å². The molecular formula is C18H24N2O2S2. The lowest BCUT2D eigenvalue weighted by molar-refractivity contribution is -0.0476. The Morgan fingerprint density at radius 1 is 1.25 bits per heavy atom. The summed E-state index contributed by atoms with van der Waals surface area (Å²) in [6.07, 6.45) is 9.18. The van der Waals surface area contributed by atoms with Gasteiger partial charge in [0.2, 0.25) is 5.71 Å². The minimum absolute atomic E-state index is 0.181. The van der Waals surface area contributed by atoms with E-state index in [4.69, 9.17) is 26.4 Å². The molecule has 0 bridgehead atoms. The van der Waals surface area contributed by atoms with Gasteiger partial charge in [-0.25, -0.2) is 0 Å². The van der Waals surface area contributed by atoms with Crippen LogP contribution in [-0.2, 0) is 17.8 Å². The first-order valence-corrected chi connectivity index (χ1v) is 10.4. The molecule has 0 amide bonds. The van der Waals surface area contributed by atoms with Crippen molar-refractivity contribution in [3.8, 4) is 0 Å². The third-order valence-electron chi connectivity index (χ3n) is 5.23. The van der Waals surface area contributed by atoms with Gasteiger partial charge < -0.3 is 13.7 Å². The molecule has 0 unspecified atom stereocenters. The second-order valence-electron chi connectivity index (χ2n) is 7.47. The van der Waals surface area contributed by atoms with Crippen LogP contribution in [0.4, 0.5) is 0 Å². The number of fused-ring (bicyclic) bond motifs is 3. The molecule has 2 aliphatic rings. The van der Waals surface area contributed by atoms with Crippen LogP contribution in [-0.4, -0.2) is 21.4 Å². The van der Waals surface area contributed by atoms with E-state index in [2.05, 4.69) is 24.7 Å². The number of rotatable bonds is 2. The van der Waals surface area contributed by atoms with E-state index in [1.54, 1.807) is 11.8 Å². The number of hydrogen-bond donors (Lipinski definition) is 0. The number of aromatic nitrogens is 2. The van der Waals surface area contributed by atoms with E-state index in [0.717, 1.165) is 27.4 Å². The molecule has 0 N–H and O–H groups in total. The molecule has 2 aromatic heterocycles. The molecule has 2 aromatic rings. The summed E-state index contributed by atoms with van der Waals surface area (Å²) < 4.78 is 15.1. The summed E-state index contributed by atoms with van der Waals surface area (Å²) in [4.78, 5) is 4.82. The Balaban J connectivity index is 1.93. The van der Waals surface area contributed by atoms with Crippen molar-refractivity contribution in [2.75, 3.05) is 6.26 Å². The Labute approximate surface area is 152 Å². The average Bonchev–Trinajstić information content (AvgIpc) is 2.92. The van der Waals surface area contributed by atoms with E-state index in [1.165, 1.54) is 37.7 Å². The van der Waals surface area contributed by atoms with Gasteiger partial charge in [-0.2, -0.15) is 4.98 Å². The lowest BCUT2D eigenvalue weighted by atomic mass is 9.93. The van der Waals surface area contributed by atoms with Crippen LogP contribution < -0.4 is 0 Å². The maximum Gasteiger partial charge on any atom is 0.232 e. The van der Waals surface area contributed by atoms with Crippen molar-refractivity contribution in [1.29, 1.82) is 0 Å². The van der Waals surface area contributed by atoms with Crippen molar-refractivity contribution in [2.24, 2.45) is 0 Å². The third kappa shape index (κ3) is 2.72. The summed E-state index contributed by atoms with van der Waals surface area (Å²) in [6, 6.07) is 0.476. The monoisotopic (exact) mass is 364 g/mol. The number of furan rings is 1. The predicted molar refractivity (Wildman–Crippen MR) is 99.3 cm³/mol. The minimum Gasteiger partial charge on any atom is -0.440 e. The van der Waals surface area contributed by atoms with Crippen LogP contribution >= 0.6 is 24.0 Å². The molecule has 4 nitrogen and oxygen atoms in total. The van der Waals surface area contributed by atoms with Crippen molar-refractivity contribution >= 4 is 35.1 Å². The fourth-order valence-corrected chi connectivity index (χ4v) is 5.11. The largest absolute Gasteiger partial charge is 0.440 e. The zero-order valence-corrected chi connectivity index (χ0v) is 16.2. The normalized spacial score (nSPS) is 21.1. The maximum absolute atomic E-state index is 6.02. The molecule has 1 saturated carbocycles. The summed E-state index contributed by atoms with van der Waals surface area (Å²) >= 11 is 7.61. The quantitative estimate of drug-likeness (QED) is 0.403. The summed E-state index contributed by atoms with van der Waals surface area (Å²) in [5.41, 5.74) is 1.71. The van der Waals surface area contributed by atoms with Crippen molar-refractivity contribution in [3.05, 3.63) is 16.0 Å². The van der Waals surface area contributed by atoms with Crippen molar-refractivity contribution in [2.45, 2.75) is 75.8 Å². The first kappa shape index (κ1) is 16.6. The Morgan fingerprint density at radius 2 is 2.00 bits per heavy atom. The van der Waals surface area contributed by atoms with Crippen LogP contribution in [0.15, 0.2) is 9.57 Å². The smallest absolute Gasteiger partial charge is 0.232 e. The molecule has 6 heteroatoms. The predicted octanol–water partition coefficient (Wildman–Crippen LogP) is 5.44. The highest BCUT2D eigenvalue weighted by Gasteiger charge is 2.32. The van der Waals surface area contributed by atoms with Gasteiger partial charge in [-0.05, 0) is 32.9 Å². The zero-order chi connectivity index (χ0) is 16.9. The molecule has 1 aliphatic heterocycles. The lowest BCUT2D eigenvalue weighted by Gasteiger charge is -2.29.